The number of rotatable bonds is 2. The highest BCUT2D eigenvalue weighted by atomic mass is 32.2. The van der Waals surface area contributed by atoms with Crippen molar-refractivity contribution >= 4 is 33.1 Å². The maximum atomic E-state index is 10.9. The van der Waals surface area contributed by atoms with Gasteiger partial charge in [0.05, 0.1) is 5.69 Å². The molecule has 0 aliphatic heterocycles. The van der Waals surface area contributed by atoms with Gasteiger partial charge in [-0.05, 0) is 11.4 Å². The Morgan fingerprint density at radius 3 is 2.62 bits per heavy atom. The molecule has 0 bridgehead atoms. The molecule has 1 aromatic heterocycles. The number of hydrogen-bond donors (Lipinski definition) is 3. The first kappa shape index (κ1) is 9.96. The van der Waals surface area contributed by atoms with Crippen molar-refractivity contribution in [3.8, 4) is 0 Å². The second kappa shape index (κ2) is 3.32. The summed E-state index contributed by atoms with van der Waals surface area (Å²) in [5, 5.41) is 8.51. The van der Waals surface area contributed by atoms with Crippen LogP contribution in [-0.2, 0) is 10.0 Å². The number of anilines is 1. The zero-order valence-electron chi connectivity index (χ0n) is 6.35. The number of amides is 2. The van der Waals surface area contributed by atoms with Gasteiger partial charge in [-0.1, -0.05) is 0 Å². The number of carbonyl (C=O) groups excluding carboxylic acids is 1. The number of urea groups is 1. The normalized spacial score (nSPS) is 11.2. The molecule has 1 aromatic rings. The number of carbonyl (C=O) groups is 1. The Bertz CT molecular complexity index is 422. The minimum atomic E-state index is -3.79. The van der Waals surface area contributed by atoms with E-state index in [-0.39, 0.29) is 9.90 Å². The van der Waals surface area contributed by atoms with Gasteiger partial charge in [0.1, 0.15) is 0 Å². The van der Waals surface area contributed by atoms with Crippen molar-refractivity contribution in [3.63, 3.8) is 0 Å². The van der Waals surface area contributed by atoms with E-state index in [9.17, 15) is 13.2 Å². The van der Waals surface area contributed by atoms with Crippen LogP contribution < -0.4 is 16.2 Å². The molecule has 72 valence electrons. The highest BCUT2D eigenvalue weighted by Crippen LogP contribution is 2.25. The number of primary sulfonamides is 1. The second-order valence-electron chi connectivity index (χ2n) is 2.16. The lowest BCUT2D eigenvalue weighted by molar-refractivity contribution is 0.259. The third-order valence-electron chi connectivity index (χ3n) is 1.15. The number of nitrogens with two attached hydrogens (primary N) is 2. The Balaban J connectivity index is 3.11. The predicted molar refractivity (Wildman–Crippen MR) is 48.9 cm³/mol. The van der Waals surface area contributed by atoms with Crippen molar-refractivity contribution in [2.24, 2.45) is 10.9 Å². The highest BCUT2D eigenvalue weighted by molar-refractivity contribution is 7.91. The monoisotopic (exact) mass is 221 g/mol. The Labute approximate surface area is 78.6 Å². The van der Waals surface area contributed by atoms with Gasteiger partial charge in [-0.3, -0.25) is 0 Å². The van der Waals surface area contributed by atoms with E-state index in [4.69, 9.17) is 10.9 Å². The molecule has 0 atom stereocenters. The Morgan fingerprint density at radius 2 is 2.15 bits per heavy atom. The second-order valence-corrected chi connectivity index (χ2v) is 4.83. The molecular formula is C5H7N3O3S2. The van der Waals surface area contributed by atoms with Gasteiger partial charge in [-0.15, -0.1) is 11.3 Å². The van der Waals surface area contributed by atoms with Crippen LogP contribution in [0, 0.1) is 0 Å². The molecule has 13 heavy (non-hydrogen) atoms. The zero-order valence-corrected chi connectivity index (χ0v) is 7.98. The number of hydrogen-bond acceptors (Lipinski definition) is 4. The minimum Gasteiger partial charge on any atom is -0.351 e. The molecule has 0 aliphatic rings. The van der Waals surface area contributed by atoms with Crippen molar-refractivity contribution in [2.45, 2.75) is 4.21 Å². The fraction of sp³-hybridized carbons (Fsp3) is 0. The van der Waals surface area contributed by atoms with Crippen LogP contribution in [0.5, 0.6) is 0 Å². The molecule has 0 fully saturated rings. The van der Waals surface area contributed by atoms with E-state index < -0.39 is 16.1 Å². The maximum absolute atomic E-state index is 10.9. The van der Waals surface area contributed by atoms with E-state index in [0.29, 0.717) is 0 Å². The van der Waals surface area contributed by atoms with E-state index >= 15 is 0 Å². The summed E-state index contributed by atoms with van der Waals surface area (Å²) in [6.45, 7) is 0. The van der Waals surface area contributed by atoms with Crippen LogP contribution >= 0.6 is 11.3 Å². The van der Waals surface area contributed by atoms with E-state index in [1.54, 1.807) is 0 Å². The molecular weight excluding hydrogens is 214 g/mol. The summed E-state index contributed by atoms with van der Waals surface area (Å²) in [5.41, 5.74) is 4.93. The lowest BCUT2D eigenvalue weighted by Crippen LogP contribution is -2.21. The lowest BCUT2D eigenvalue weighted by Gasteiger charge is -2.00. The molecule has 0 aromatic carbocycles. The summed E-state index contributed by atoms with van der Waals surface area (Å²) in [5.74, 6) is 0. The van der Waals surface area contributed by atoms with Gasteiger partial charge >= 0.3 is 6.03 Å². The quantitative estimate of drug-likeness (QED) is 0.646. The molecule has 0 radical (unpaired) electrons. The van der Waals surface area contributed by atoms with Crippen LogP contribution in [0.15, 0.2) is 15.7 Å². The summed E-state index contributed by atoms with van der Waals surface area (Å²) in [6, 6.07) is 0.582. The first-order valence-corrected chi connectivity index (χ1v) is 5.50. The SMILES string of the molecule is NC(=O)Nc1ccsc1S(N)(=O)=O. The van der Waals surface area contributed by atoms with Crippen molar-refractivity contribution in [2.75, 3.05) is 5.32 Å². The lowest BCUT2D eigenvalue weighted by atomic mass is 10.5. The molecule has 6 nitrogen and oxygen atoms in total. The molecule has 0 unspecified atom stereocenters. The van der Waals surface area contributed by atoms with Crippen molar-refractivity contribution in [3.05, 3.63) is 11.4 Å². The zero-order chi connectivity index (χ0) is 10.1. The first-order chi connectivity index (χ1) is 5.91. The first-order valence-electron chi connectivity index (χ1n) is 3.08. The van der Waals surface area contributed by atoms with Crippen molar-refractivity contribution < 1.29 is 13.2 Å². The molecule has 0 aliphatic carbocycles. The Hall–Kier alpha value is -1.12. The van der Waals surface area contributed by atoms with Gasteiger partial charge in [-0.25, -0.2) is 18.4 Å². The third kappa shape index (κ3) is 2.41. The van der Waals surface area contributed by atoms with Crippen LogP contribution in [0.1, 0.15) is 0 Å². The summed E-state index contributed by atoms with van der Waals surface area (Å²) in [4.78, 5) is 10.4. The average Bonchev–Trinajstić information content (AvgIpc) is 2.31. The third-order valence-corrected chi connectivity index (χ3v) is 3.57. The molecule has 5 N–H and O–H groups in total. The van der Waals surface area contributed by atoms with Gasteiger partial charge in [-0.2, -0.15) is 0 Å². The Kier molecular flexibility index (Phi) is 2.55. The molecule has 2 amide bonds. The molecule has 0 saturated heterocycles. The van der Waals surface area contributed by atoms with Gasteiger partial charge in [0, 0.05) is 0 Å². The van der Waals surface area contributed by atoms with Crippen molar-refractivity contribution in [1.82, 2.24) is 0 Å². The van der Waals surface area contributed by atoms with Crippen LogP contribution in [0.25, 0.3) is 0 Å². The number of primary amides is 1. The summed E-state index contributed by atoms with van der Waals surface area (Å²) in [7, 11) is -3.79. The standard InChI is InChI=1S/C5H7N3O3S2/c6-5(9)8-3-1-2-12-4(3)13(7,10)11/h1-2H,(H3,6,8,9)(H2,7,10,11). The minimum absolute atomic E-state index is 0.105. The smallest absolute Gasteiger partial charge is 0.316 e. The van der Waals surface area contributed by atoms with E-state index in [1.807, 2.05) is 0 Å². The van der Waals surface area contributed by atoms with E-state index in [0.717, 1.165) is 11.3 Å². The van der Waals surface area contributed by atoms with E-state index in [1.165, 1.54) is 11.4 Å². The van der Waals surface area contributed by atoms with Gasteiger partial charge in [0.2, 0.25) is 10.0 Å². The molecule has 8 heteroatoms. The summed E-state index contributed by atoms with van der Waals surface area (Å²) < 4.78 is 21.7. The molecule has 1 rings (SSSR count). The van der Waals surface area contributed by atoms with Crippen LogP contribution in [0.4, 0.5) is 10.5 Å². The fourth-order valence-corrected chi connectivity index (χ4v) is 2.44. The van der Waals surface area contributed by atoms with Gasteiger partial charge in [0.15, 0.2) is 4.21 Å². The van der Waals surface area contributed by atoms with Gasteiger partial charge in [0.25, 0.3) is 0 Å². The number of thiophene rings is 1. The molecule has 1 heterocycles. The van der Waals surface area contributed by atoms with E-state index in [2.05, 4.69) is 5.32 Å². The topological polar surface area (TPSA) is 115 Å². The van der Waals surface area contributed by atoms with Crippen molar-refractivity contribution in [1.29, 1.82) is 0 Å². The number of nitrogens with one attached hydrogen (secondary N) is 1. The summed E-state index contributed by atoms with van der Waals surface area (Å²) in [6.07, 6.45) is 0. The summed E-state index contributed by atoms with van der Waals surface area (Å²) >= 11 is 0.915. The average molecular weight is 221 g/mol. The van der Waals surface area contributed by atoms with Crippen LogP contribution in [0.2, 0.25) is 0 Å². The van der Waals surface area contributed by atoms with Crippen LogP contribution in [0.3, 0.4) is 0 Å². The molecule has 0 spiro atoms. The Morgan fingerprint density at radius 1 is 1.54 bits per heavy atom. The van der Waals surface area contributed by atoms with Crippen LogP contribution in [-0.4, -0.2) is 14.4 Å². The molecule has 0 saturated carbocycles. The highest BCUT2D eigenvalue weighted by Gasteiger charge is 2.16. The number of sulfonamides is 1. The maximum Gasteiger partial charge on any atom is 0.316 e. The largest absolute Gasteiger partial charge is 0.351 e. The predicted octanol–water partition coefficient (Wildman–Crippen LogP) is -0.114. The van der Waals surface area contributed by atoms with Gasteiger partial charge < -0.3 is 11.1 Å². The fourth-order valence-electron chi connectivity index (χ4n) is 0.741.